The number of aliphatic hydroxyl groups is 1. The minimum atomic E-state index is -3.64. The molecule has 1 aliphatic rings. The fourth-order valence-electron chi connectivity index (χ4n) is 2.56. The Kier molecular flexibility index (Phi) is 3.98. The van der Waals surface area contributed by atoms with Gasteiger partial charge in [-0.2, -0.15) is 5.10 Å². The van der Waals surface area contributed by atoms with E-state index in [1.165, 1.54) is 6.20 Å². The molecule has 3 N–H and O–H groups in total. The first-order valence-corrected chi connectivity index (χ1v) is 8.02. The lowest BCUT2D eigenvalue weighted by Gasteiger charge is -2.38. The summed E-state index contributed by atoms with van der Waals surface area (Å²) in [5, 5.41) is 16.0. The lowest BCUT2D eigenvalue weighted by atomic mass is 9.78. The first kappa shape index (κ1) is 14.5. The quantitative estimate of drug-likeness (QED) is 0.768. The van der Waals surface area contributed by atoms with Crippen molar-refractivity contribution in [1.82, 2.24) is 14.9 Å². The van der Waals surface area contributed by atoms with Crippen LogP contribution in [0, 0.1) is 12.8 Å². The topological polar surface area (TPSA) is 95.1 Å². The second kappa shape index (κ2) is 5.22. The van der Waals surface area contributed by atoms with Crippen molar-refractivity contribution in [1.29, 1.82) is 0 Å². The predicted octanol–water partition coefficient (Wildman–Crippen LogP) is 0.938. The van der Waals surface area contributed by atoms with Crippen molar-refractivity contribution in [3.63, 3.8) is 0 Å². The van der Waals surface area contributed by atoms with Gasteiger partial charge in [-0.25, -0.2) is 13.1 Å². The van der Waals surface area contributed by atoms with E-state index in [0.717, 1.165) is 12.8 Å². The number of aliphatic hydroxyl groups excluding tert-OH is 1. The molecule has 1 saturated carbocycles. The van der Waals surface area contributed by atoms with E-state index in [-0.39, 0.29) is 11.5 Å². The average molecular weight is 287 g/mol. The van der Waals surface area contributed by atoms with Crippen LogP contribution >= 0.6 is 0 Å². The maximum Gasteiger partial charge on any atom is 0.244 e. The highest BCUT2D eigenvalue weighted by Crippen LogP contribution is 2.33. The highest BCUT2D eigenvalue weighted by molar-refractivity contribution is 7.89. The molecule has 0 saturated heterocycles. The van der Waals surface area contributed by atoms with Crippen molar-refractivity contribution in [2.45, 2.75) is 50.0 Å². The van der Waals surface area contributed by atoms with E-state index < -0.39 is 15.6 Å². The van der Waals surface area contributed by atoms with E-state index in [1.807, 2.05) is 0 Å². The normalized spacial score (nSPS) is 28.5. The monoisotopic (exact) mass is 287 g/mol. The largest absolute Gasteiger partial charge is 0.394 e. The van der Waals surface area contributed by atoms with Crippen LogP contribution in [0.4, 0.5) is 0 Å². The third-order valence-corrected chi connectivity index (χ3v) is 5.65. The van der Waals surface area contributed by atoms with Crippen molar-refractivity contribution in [2.24, 2.45) is 5.92 Å². The van der Waals surface area contributed by atoms with E-state index in [4.69, 9.17) is 0 Å². The number of aromatic amines is 1. The van der Waals surface area contributed by atoms with E-state index in [9.17, 15) is 13.5 Å². The van der Waals surface area contributed by atoms with Gasteiger partial charge in [-0.3, -0.25) is 5.10 Å². The molecule has 19 heavy (non-hydrogen) atoms. The van der Waals surface area contributed by atoms with E-state index in [1.54, 1.807) is 6.92 Å². The van der Waals surface area contributed by atoms with Gasteiger partial charge in [0, 0.05) is 0 Å². The summed E-state index contributed by atoms with van der Waals surface area (Å²) >= 11 is 0. The second-order valence-corrected chi connectivity index (χ2v) is 7.24. The van der Waals surface area contributed by atoms with Gasteiger partial charge in [0.25, 0.3) is 0 Å². The zero-order valence-electron chi connectivity index (χ0n) is 11.3. The van der Waals surface area contributed by atoms with Crippen molar-refractivity contribution in [2.75, 3.05) is 6.61 Å². The summed E-state index contributed by atoms with van der Waals surface area (Å²) in [6.45, 7) is 3.64. The molecule has 0 unspecified atom stereocenters. The molecular weight excluding hydrogens is 266 g/mol. The van der Waals surface area contributed by atoms with Gasteiger partial charge in [-0.15, -0.1) is 0 Å². The fraction of sp³-hybridized carbons (Fsp3) is 0.750. The Morgan fingerprint density at radius 2 is 2.16 bits per heavy atom. The van der Waals surface area contributed by atoms with Crippen LogP contribution < -0.4 is 4.72 Å². The van der Waals surface area contributed by atoms with Gasteiger partial charge < -0.3 is 5.11 Å². The van der Waals surface area contributed by atoms with Crippen LogP contribution in [-0.2, 0) is 10.0 Å². The zero-order chi connectivity index (χ0) is 14.1. The number of hydrogen-bond donors (Lipinski definition) is 3. The van der Waals surface area contributed by atoms with Crippen molar-refractivity contribution in [3.8, 4) is 0 Å². The minimum absolute atomic E-state index is 0.152. The van der Waals surface area contributed by atoms with Crippen LogP contribution in [0.25, 0.3) is 0 Å². The Hall–Kier alpha value is -0.920. The second-order valence-electron chi connectivity index (χ2n) is 5.59. The number of hydrogen-bond acceptors (Lipinski definition) is 4. The molecule has 0 aromatic carbocycles. The molecule has 6 nitrogen and oxygen atoms in total. The lowest BCUT2D eigenvalue weighted by molar-refractivity contribution is 0.125. The molecule has 0 spiro atoms. The third kappa shape index (κ3) is 2.98. The summed E-state index contributed by atoms with van der Waals surface area (Å²) < 4.78 is 27.4. The van der Waals surface area contributed by atoms with Crippen LogP contribution in [-0.4, -0.2) is 35.9 Å². The molecule has 0 aliphatic heterocycles. The molecular formula is C12H21N3O3S. The van der Waals surface area contributed by atoms with Gasteiger partial charge in [0.2, 0.25) is 10.0 Å². The molecule has 0 atom stereocenters. The minimum Gasteiger partial charge on any atom is -0.394 e. The van der Waals surface area contributed by atoms with Crippen LogP contribution in [0.3, 0.4) is 0 Å². The predicted molar refractivity (Wildman–Crippen MR) is 71.1 cm³/mol. The summed E-state index contributed by atoms with van der Waals surface area (Å²) in [5.41, 5.74) is -0.223. The fourth-order valence-corrected chi connectivity index (χ4v) is 4.15. The molecule has 1 aromatic heterocycles. The van der Waals surface area contributed by atoms with Gasteiger partial charge >= 0.3 is 0 Å². The SMILES string of the molecule is Cc1[nH]ncc1S(=O)(=O)NC1(CO)CCC(C)CC1. The van der Waals surface area contributed by atoms with Crippen LogP contribution in [0.2, 0.25) is 0 Å². The molecule has 1 fully saturated rings. The summed E-state index contributed by atoms with van der Waals surface area (Å²) in [6, 6.07) is 0. The van der Waals surface area contributed by atoms with E-state index in [0.29, 0.717) is 24.5 Å². The maximum atomic E-state index is 12.3. The highest BCUT2D eigenvalue weighted by Gasteiger charge is 2.38. The van der Waals surface area contributed by atoms with Crippen LogP contribution in [0.15, 0.2) is 11.1 Å². The molecule has 1 aromatic rings. The summed E-state index contributed by atoms with van der Waals surface area (Å²) in [6.07, 6.45) is 4.48. The summed E-state index contributed by atoms with van der Waals surface area (Å²) in [4.78, 5) is 0.152. The number of aromatic nitrogens is 2. The molecule has 7 heteroatoms. The summed E-state index contributed by atoms with van der Waals surface area (Å²) in [7, 11) is -3.64. The number of H-pyrrole nitrogens is 1. The van der Waals surface area contributed by atoms with Crippen LogP contribution in [0.5, 0.6) is 0 Å². The maximum absolute atomic E-state index is 12.3. The summed E-state index contributed by atoms with van der Waals surface area (Å²) in [5.74, 6) is 0.583. The first-order chi connectivity index (χ1) is 8.88. The van der Waals surface area contributed by atoms with E-state index >= 15 is 0 Å². The zero-order valence-corrected chi connectivity index (χ0v) is 12.1. The van der Waals surface area contributed by atoms with Gasteiger partial charge in [0.05, 0.1) is 24.0 Å². The Morgan fingerprint density at radius 3 is 2.63 bits per heavy atom. The number of nitrogens with zero attached hydrogens (tertiary/aromatic N) is 1. The Bertz CT molecular complexity index is 530. The average Bonchev–Trinajstić information content (AvgIpc) is 2.79. The van der Waals surface area contributed by atoms with Crippen LogP contribution in [0.1, 0.15) is 38.3 Å². The Labute approximate surface area is 113 Å². The number of aryl methyl sites for hydroxylation is 1. The number of rotatable bonds is 4. The van der Waals surface area contributed by atoms with Gasteiger partial charge in [0.1, 0.15) is 4.90 Å². The molecule has 2 rings (SSSR count). The molecule has 0 amide bonds. The molecule has 1 heterocycles. The van der Waals surface area contributed by atoms with Crippen molar-refractivity contribution in [3.05, 3.63) is 11.9 Å². The lowest BCUT2D eigenvalue weighted by Crippen LogP contribution is -2.53. The van der Waals surface area contributed by atoms with E-state index in [2.05, 4.69) is 21.8 Å². The highest BCUT2D eigenvalue weighted by atomic mass is 32.2. The smallest absolute Gasteiger partial charge is 0.244 e. The standard InChI is InChI=1S/C12H21N3O3S/c1-9-3-5-12(8-16,6-4-9)15-19(17,18)11-7-13-14-10(11)2/h7,9,15-16H,3-6,8H2,1-2H3,(H,13,14). The number of nitrogens with one attached hydrogen (secondary N) is 2. The van der Waals surface area contributed by atoms with Crippen molar-refractivity contribution < 1.29 is 13.5 Å². The molecule has 0 radical (unpaired) electrons. The number of sulfonamides is 1. The van der Waals surface area contributed by atoms with Gasteiger partial charge in [-0.1, -0.05) is 6.92 Å². The third-order valence-electron chi connectivity index (χ3n) is 3.96. The molecule has 0 bridgehead atoms. The first-order valence-electron chi connectivity index (χ1n) is 6.53. The van der Waals surface area contributed by atoms with Gasteiger partial charge in [-0.05, 0) is 38.5 Å². The Morgan fingerprint density at radius 1 is 1.53 bits per heavy atom. The van der Waals surface area contributed by atoms with Gasteiger partial charge in [0.15, 0.2) is 0 Å². The Balaban J connectivity index is 2.21. The molecule has 1 aliphatic carbocycles. The molecule has 108 valence electrons. The van der Waals surface area contributed by atoms with Crippen molar-refractivity contribution >= 4 is 10.0 Å².